The molecule has 25 heavy (non-hydrogen) atoms. The van der Waals surface area contributed by atoms with Gasteiger partial charge in [0.25, 0.3) is 5.91 Å². The molecule has 0 radical (unpaired) electrons. The number of pyridine rings is 1. The Bertz CT molecular complexity index is 761. The number of rotatable bonds is 4. The van der Waals surface area contributed by atoms with Crippen LogP contribution in [0.25, 0.3) is 11.3 Å². The van der Waals surface area contributed by atoms with Crippen LogP contribution in [-0.2, 0) is 4.74 Å². The fourth-order valence-corrected chi connectivity index (χ4v) is 3.66. The van der Waals surface area contributed by atoms with Crippen LogP contribution in [0.5, 0.6) is 0 Å². The number of halogens is 1. The molecule has 1 atom stereocenters. The van der Waals surface area contributed by atoms with Gasteiger partial charge in [0.15, 0.2) is 0 Å². The third kappa shape index (κ3) is 4.28. The highest BCUT2D eigenvalue weighted by molar-refractivity contribution is 9.10. The van der Waals surface area contributed by atoms with Gasteiger partial charge in [-0.15, -0.1) is 0 Å². The molecule has 4 nitrogen and oxygen atoms in total. The van der Waals surface area contributed by atoms with Gasteiger partial charge in [-0.3, -0.25) is 9.78 Å². The standard InChI is InChI=1S/C20H23BrN2O2/c1-3-25-17-8-5-11-23(13-17)20(24)18-9-10-19(22-14(18)2)15-6-4-7-16(21)12-15/h4,6-7,9-10,12,17H,3,5,8,11,13H2,1-2H3. The Kier molecular flexibility index (Phi) is 5.86. The zero-order valence-corrected chi connectivity index (χ0v) is 16.3. The van der Waals surface area contributed by atoms with Crippen LogP contribution >= 0.6 is 15.9 Å². The van der Waals surface area contributed by atoms with Crippen molar-refractivity contribution in [2.45, 2.75) is 32.8 Å². The summed E-state index contributed by atoms with van der Waals surface area (Å²) in [5, 5.41) is 0. The molecule has 1 aromatic heterocycles. The van der Waals surface area contributed by atoms with Crippen molar-refractivity contribution in [3.8, 4) is 11.3 Å². The normalized spacial score (nSPS) is 17.6. The van der Waals surface area contributed by atoms with E-state index in [0.717, 1.165) is 40.8 Å². The molecule has 2 heterocycles. The minimum absolute atomic E-state index is 0.0511. The number of likely N-dealkylation sites (tertiary alicyclic amines) is 1. The van der Waals surface area contributed by atoms with E-state index in [-0.39, 0.29) is 12.0 Å². The highest BCUT2D eigenvalue weighted by Crippen LogP contribution is 2.24. The number of carbonyl (C=O) groups excluding carboxylic acids is 1. The minimum atomic E-state index is 0.0511. The van der Waals surface area contributed by atoms with Crippen LogP contribution in [0.2, 0.25) is 0 Å². The first-order valence-electron chi connectivity index (χ1n) is 8.73. The van der Waals surface area contributed by atoms with E-state index in [9.17, 15) is 4.79 Å². The number of hydrogen-bond acceptors (Lipinski definition) is 3. The van der Waals surface area contributed by atoms with Crippen LogP contribution in [0.4, 0.5) is 0 Å². The van der Waals surface area contributed by atoms with Gasteiger partial charge >= 0.3 is 0 Å². The molecule has 0 aliphatic carbocycles. The van der Waals surface area contributed by atoms with Gasteiger partial charge in [0, 0.05) is 29.7 Å². The highest BCUT2D eigenvalue weighted by atomic mass is 79.9. The molecule has 1 amide bonds. The average molecular weight is 403 g/mol. The average Bonchev–Trinajstić information content (AvgIpc) is 2.61. The second kappa shape index (κ2) is 8.11. The molecule has 132 valence electrons. The lowest BCUT2D eigenvalue weighted by molar-refractivity contribution is 0.00720. The zero-order valence-electron chi connectivity index (χ0n) is 14.7. The van der Waals surface area contributed by atoms with E-state index < -0.39 is 0 Å². The van der Waals surface area contributed by atoms with E-state index in [1.807, 2.05) is 55.1 Å². The van der Waals surface area contributed by atoms with Crippen molar-refractivity contribution in [1.82, 2.24) is 9.88 Å². The van der Waals surface area contributed by atoms with Crippen molar-refractivity contribution in [3.63, 3.8) is 0 Å². The van der Waals surface area contributed by atoms with Crippen molar-refractivity contribution in [2.75, 3.05) is 19.7 Å². The Hall–Kier alpha value is -1.72. The summed E-state index contributed by atoms with van der Waals surface area (Å²) in [6.45, 7) is 6.04. The molecule has 2 aromatic rings. The third-order valence-corrected chi connectivity index (χ3v) is 5.00. The van der Waals surface area contributed by atoms with Crippen molar-refractivity contribution in [3.05, 3.63) is 52.1 Å². The molecule has 1 unspecified atom stereocenters. The lowest BCUT2D eigenvalue weighted by Crippen LogP contribution is -2.43. The van der Waals surface area contributed by atoms with E-state index in [1.165, 1.54) is 0 Å². The van der Waals surface area contributed by atoms with Gasteiger partial charge in [0.1, 0.15) is 0 Å². The van der Waals surface area contributed by atoms with Gasteiger partial charge < -0.3 is 9.64 Å². The molecular weight excluding hydrogens is 380 g/mol. The van der Waals surface area contributed by atoms with Gasteiger partial charge in [0.2, 0.25) is 0 Å². The Morgan fingerprint density at radius 1 is 1.36 bits per heavy atom. The minimum Gasteiger partial charge on any atom is -0.377 e. The molecule has 1 fully saturated rings. The highest BCUT2D eigenvalue weighted by Gasteiger charge is 2.26. The third-order valence-electron chi connectivity index (χ3n) is 4.50. The van der Waals surface area contributed by atoms with Gasteiger partial charge in [-0.05, 0) is 51.0 Å². The second-order valence-corrected chi connectivity index (χ2v) is 7.23. The van der Waals surface area contributed by atoms with Crippen LogP contribution < -0.4 is 0 Å². The molecule has 0 bridgehead atoms. The molecule has 1 aromatic carbocycles. The molecule has 1 aliphatic heterocycles. The summed E-state index contributed by atoms with van der Waals surface area (Å²) in [5.41, 5.74) is 3.35. The van der Waals surface area contributed by atoms with Crippen molar-refractivity contribution in [1.29, 1.82) is 0 Å². The largest absolute Gasteiger partial charge is 0.377 e. The molecule has 1 saturated heterocycles. The van der Waals surface area contributed by atoms with Crippen LogP contribution in [0, 0.1) is 6.92 Å². The number of hydrogen-bond donors (Lipinski definition) is 0. The maximum absolute atomic E-state index is 12.9. The van der Waals surface area contributed by atoms with Gasteiger partial charge in [0.05, 0.1) is 23.1 Å². The molecular formula is C20H23BrN2O2. The number of piperidine rings is 1. The maximum Gasteiger partial charge on any atom is 0.255 e. The Morgan fingerprint density at radius 3 is 2.92 bits per heavy atom. The zero-order chi connectivity index (χ0) is 17.8. The number of aromatic nitrogens is 1. The van der Waals surface area contributed by atoms with Gasteiger partial charge in [-0.1, -0.05) is 28.1 Å². The molecule has 1 aliphatic rings. The lowest BCUT2D eigenvalue weighted by atomic mass is 10.0. The van der Waals surface area contributed by atoms with E-state index in [4.69, 9.17) is 4.74 Å². The summed E-state index contributed by atoms with van der Waals surface area (Å²) >= 11 is 3.49. The molecule has 0 spiro atoms. The molecule has 0 saturated carbocycles. The Morgan fingerprint density at radius 2 is 2.20 bits per heavy atom. The number of benzene rings is 1. The fraction of sp³-hybridized carbons (Fsp3) is 0.400. The Labute approximate surface area is 157 Å². The number of aryl methyl sites for hydroxylation is 1. The number of nitrogens with zero attached hydrogens (tertiary/aromatic N) is 2. The summed E-state index contributed by atoms with van der Waals surface area (Å²) in [6.07, 6.45) is 2.16. The predicted octanol–water partition coefficient (Wildman–Crippen LogP) is 4.46. The second-order valence-electron chi connectivity index (χ2n) is 6.31. The van der Waals surface area contributed by atoms with E-state index >= 15 is 0 Å². The summed E-state index contributed by atoms with van der Waals surface area (Å²) < 4.78 is 6.72. The van der Waals surface area contributed by atoms with Crippen molar-refractivity contribution >= 4 is 21.8 Å². The van der Waals surface area contributed by atoms with E-state index in [2.05, 4.69) is 20.9 Å². The summed E-state index contributed by atoms with van der Waals surface area (Å²) in [4.78, 5) is 19.4. The van der Waals surface area contributed by atoms with Crippen LogP contribution in [0.1, 0.15) is 35.8 Å². The summed E-state index contributed by atoms with van der Waals surface area (Å²) in [6, 6.07) is 11.8. The number of carbonyl (C=O) groups is 1. The first-order chi connectivity index (χ1) is 12.1. The summed E-state index contributed by atoms with van der Waals surface area (Å²) in [7, 11) is 0. The SMILES string of the molecule is CCOC1CCCN(C(=O)c2ccc(-c3cccc(Br)c3)nc2C)C1. The van der Waals surface area contributed by atoms with Gasteiger partial charge in [-0.25, -0.2) is 0 Å². The molecule has 0 N–H and O–H groups in total. The van der Waals surface area contributed by atoms with Gasteiger partial charge in [-0.2, -0.15) is 0 Å². The van der Waals surface area contributed by atoms with Crippen molar-refractivity contribution < 1.29 is 9.53 Å². The van der Waals surface area contributed by atoms with Crippen LogP contribution in [0.15, 0.2) is 40.9 Å². The van der Waals surface area contributed by atoms with Crippen LogP contribution in [0.3, 0.4) is 0 Å². The topological polar surface area (TPSA) is 42.4 Å². The van der Waals surface area contributed by atoms with Crippen LogP contribution in [-0.4, -0.2) is 41.6 Å². The maximum atomic E-state index is 12.9. The van der Waals surface area contributed by atoms with E-state index in [0.29, 0.717) is 18.7 Å². The summed E-state index contributed by atoms with van der Waals surface area (Å²) in [5.74, 6) is 0.0511. The van der Waals surface area contributed by atoms with Crippen molar-refractivity contribution in [2.24, 2.45) is 0 Å². The lowest BCUT2D eigenvalue weighted by Gasteiger charge is -2.32. The molecule has 3 rings (SSSR count). The number of ether oxygens (including phenoxy) is 1. The predicted molar refractivity (Wildman–Crippen MR) is 103 cm³/mol. The number of amides is 1. The first kappa shape index (κ1) is 18.1. The quantitative estimate of drug-likeness (QED) is 0.757. The monoisotopic (exact) mass is 402 g/mol. The first-order valence-corrected chi connectivity index (χ1v) is 9.52. The smallest absolute Gasteiger partial charge is 0.255 e. The fourth-order valence-electron chi connectivity index (χ4n) is 3.26. The van der Waals surface area contributed by atoms with E-state index in [1.54, 1.807) is 0 Å². The Balaban J connectivity index is 1.79. The molecule has 5 heteroatoms.